The Morgan fingerprint density at radius 3 is 2.64 bits per heavy atom. The molecule has 4 aromatic rings. The van der Waals surface area contributed by atoms with Crippen molar-refractivity contribution in [2.45, 2.75) is 38.5 Å². The lowest BCUT2D eigenvalue weighted by Crippen LogP contribution is -2.24. The molecule has 3 heterocycles. The van der Waals surface area contributed by atoms with E-state index in [9.17, 15) is 4.79 Å². The van der Waals surface area contributed by atoms with E-state index in [0.717, 1.165) is 28.5 Å². The number of carbonyl (C=O) groups is 1. The Labute approximate surface area is 231 Å². The molecular formula is C28H31N7O3S. The topological polar surface area (TPSA) is 124 Å². The van der Waals surface area contributed by atoms with Crippen LogP contribution in [0, 0.1) is 5.92 Å². The Hall–Kier alpha value is -4.12. The maximum absolute atomic E-state index is 11.8. The number of carbonyl (C=O) groups excluding carboxylic acids is 1. The molecule has 1 saturated carbocycles. The van der Waals surface area contributed by atoms with E-state index in [4.69, 9.17) is 19.4 Å². The molecular weight excluding hydrogens is 514 g/mol. The Balaban J connectivity index is 1.48. The largest absolute Gasteiger partial charge is 0.496 e. The Bertz CT molecular complexity index is 1410. The summed E-state index contributed by atoms with van der Waals surface area (Å²) >= 11 is 1.31. The molecule has 3 aromatic heterocycles. The molecule has 0 atom stereocenters. The van der Waals surface area contributed by atoms with Gasteiger partial charge in [-0.2, -0.15) is 0 Å². The molecule has 11 heteroatoms. The predicted molar refractivity (Wildman–Crippen MR) is 151 cm³/mol. The van der Waals surface area contributed by atoms with Crippen LogP contribution in [0.25, 0.3) is 33.3 Å². The molecule has 202 valence electrons. The molecule has 0 bridgehead atoms. The van der Waals surface area contributed by atoms with Crippen molar-refractivity contribution in [3.63, 3.8) is 0 Å². The van der Waals surface area contributed by atoms with Crippen LogP contribution in [0.15, 0.2) is 49.1 Å². The van der Waals surface area contributed by atoms with E-state index in [-0.39, 0.29) is 6.03 Å². The minimum absolute atomic E-state index is 0.343. The normalized spacial score (nSPS) is 13.6. The summed E-state index contributed by atoms with van der Waals surface area (Å²) in [6.07, 6.45) is 14.2. The summed E-state index contributed by atoms with van der Waals surface area (Å²) in [7, 11) is 3.18. The number of rotatable bonds is 9. The second-order valence-corrected chi connectivity index (χ2v) is 10.3. The van der Waals surface area contributed by atoms with Crippen molar-refractivity contribution >= 4 is 22.5 Å². The number of thiazole rings is 1. The van der Waals surface area contributed by atoms with E-state index in [1.54, 1.807) is 38.9 Å². The number of aromatic nitrogens is 5. The zero-order valence-corrected chi connectivity index (χ0v) is 22.8. The van der Waals surface area contributed by atoms with Gasteiger partial charge >= 0.3 is 6.03 Å². The highest BCUT2D eigenvalue weighted by molar-refractivity contribution is 7.19. The van der Waals surface area contributed by atoms with Gasteiger partial charge in [0.25, 0.3) is 0 Å². The van der Waals surface area contributed by atoms with Gasteiger partial charge in [-0.25, -0.2) is 24.7 Å². The highest BCUT2D eigenvalue weighted by Gasteiger charge is 2.18. The zero-order valence-electron chi connectivity index (χ0n) is 22.0. The second kappa shape index (κ2) is 12.6. The van der Waals surface area contributed by atoms with E-state index >= 15 is 0 Å². The van der Waals surface area contributed by atoms with Gasteiger partial charge in [0.2, 0.25) is 0 Å². The number of nitrogens with zero attached hydrogens (tertiary/aromatic N) is 5. The van der Waals surface area contributed by atoms with Gasteiger partial charge in [-0.05, 0) is 36.6 Å². The molecule has 1 aliphatic rings. The summed E-state index contributed by atoms with van der Waals surface area (Å²) in [6.45, 7) is 0.679. The second-order valence-electron chi connectivity index (χ2n) is 9.29. The van der Waals surface area contributed by atoms with Crippen molar-refractivity contribution < 1.29 is 14.3 Å². The van der Waals surface area contributed by atoms with Gasteiger partial charge in [-0.15, -0.1) is 0 Å². The molecule has 0 aliphatic heterocycles. The van der Waals surface area contributed by atoms with E-state index in [1.807, 2.05) is 24.3 Å². The third-order valence-electron chi connectivity index (χ3n) is 6.69. The fraction of sp³-hybridized carbons (Fsp3) is 0.357. The summed E-state index contributed by atoms with van der Waals surface area (Å²) in [6, 6.07) is 7.31. The van der Waals surface area contributed by atoms with E-state index < -0.39 is 0 Å². The van der Waals surface area contributed by atoms with Crippen LogP contribution in [-0.4, -0.2) is 51.7 Å². The van der Waals surface area contributed by atoms with Gasteiger partial charge in [0.15, 0.2) is 11.0 Å². The van der Waals surface area contributed by atoms with Gasteiger partial charge in [0, 0.05) is 31.2 Å². The average Bonchev–Trinajstić information content (AvgIpc) is 3.46. The van der Waals surface area contributed by atoms with Gasteiger partial charge in [0.1, 0.15) is 17.2 Å². The van der Waals surface area contributed by atoms with Crippen LogP contribution in [-0.2, 0) is 0 Å². The molecule has 0 unspecified atom stereocenters. The Morgan fingerprint density at radius 2 is 1.87 bits per heavy atom. The van der Waals surface area contributed by atoms with Crippen LogP contribution in [0.2, 0.25) is 0 Å². The first kappa shape index (κ1) is 26.5. The van der Waals surface area contributed by atoms with Crippen LogP contribution in [0.4, 0.5) is 9.93 Å². The highest BCUT2D eigenvalue weighted by atomic mass is 32.1. The number of benzene rings is 1. The number of anilines is 1. The van der Waals surface area contributed by atoms with Crippen molar-refractivity contribution in [1.82, 2.24) is 30.2 Å². The number of hydrogen-bond acceptors (Lipinski definition) is 9. The first-order valence-electron chi connectivity index (χ1n) is 13.0. The van der Waals surface area contributed by atoms with Crippen LogP contribution >= 0.6 is 11.3 Å². The number of hydrogen-bond donors (Lipinski definition) is 2. The minimum Gasteiger partial charge on any atom is -0.496 e. The van der Waals surface area contributed by atoms with Crippen molar-refractivity contribution in [3.05, 3.63) is 49.1 Å². The zero-order chi connectivity index (χ0) is 27.0. The summed E-state index contributed by atoms with van der Waals surface area (Å²) in [4.78, 5) is 35.0. The predicted octanol–water partition coefficient (Wildman–Crippen LogP) is 5.83. The third-order valence-corrected chi connectivity index (χ3v) is 7.63. The Morgan fingerprint density at radius 1 is 1.03 bits per heavy atom. The lowest BCUT2D eigenvalue weighted by Gasteiger charge is -2.21. The first-order valence-corrected chi connectivity index (χ1v) is 13.9. The van der Waals surface area contributed by atoms with Crippen LogP contribution in [0.5, 0.6) is 11.5 Å². The third kappa shape index (κ3) is 6.66. The van der Waals surface area contributed by atoms with Crippen LogP contribution in [0.1, 0.15) is 38.5 Å². The van der Waals surface area contributed by atoms with Crippen molar-refractivity contribution in [3.8, 4) is 44.8 Å². The lowest BCUT2D eigenvalue weighted by molar-refractivity contribution is 0.246. The molecule has 1 aliphatic carbocycles. The first-order chi connectivity index (χ1) is 19.1. The van der Waals surface area contributed by atoms with Crippen molar-refractivity contribution in [2.24, 2.45) is 5.92 Å². The highest BCUT2D eigenvalue weighted by Crippen LogP contribution is 2.37. The van der Waals surface area contributed by atoms with Crippen LogP contribution in [0.3, 0.4) is 0 Å². The summed E-state index contributed by atoms with van der Waals surface area (Å²) in [5.74, 6) is 2.58. The number of ether oxygens (including phenoxy) is 2. The Kier molecular flexibility index (Phi) is 8.57. The lowest BCUT2D eigenvalue weighted by atomic mass is 9.87. The van der Waals surface area contributed by atoms with E-state index in [2.05, 4.69) is 25.6 Å². The molecule has 1 fully saturated rings. The minimum atomic E-state index is -0.343. The fourth-order valence-electron chi connectivity index (χ4n) is 4.65. The molecule has 0 saturated heterocycles. The van der Waals surface area contributed by atoms with E-state index in [1.165, 1.54) is 43.4 Å². The average molecular weight is 546 g/mol. The van der Waals surface area contributed by atoms with Crippen molar-refractivity contribution in [1.29, 1.82) is 0 Å². The molecule has 2 amide bonds. The molecule has 2 N–H and O–H groups in total. The van der Waals surface area contributed by atoms with E-state index in [0.29, 0.717) is 40.4 Å². The number of methoxy groups -OCH3 is 1. The molecule has 5 rings (SSSR count). The van der Waals surface area contributed by atoms with Gasteiger partial charge in [-0.3, -0.25) is 10.3 Å². The number of urea groups is 1. The standard InChI is InChI=1S/C28H31N7O3S/c1-29-27(36)35-28-32-17-25(39-28)22-15-21(33-26(34-22)23-16-30-11-12-31-23)20-14-19(8-9-24(20)37-2)38-13-10-18-6-4-3-5-7-18/h8-9,11-12,14-18H,3-7,10,13H2,1-2H3,(H2,29,32,35,36). The van der Waals surface area contributed by atoms with Gasteiger partial charge in [-0.1, -0.05) is 43.4 Å². The summed E-state index contributed by atoms with van der Waals surface area (Å²) in [5.41, 5.74) is 2.58. The monoisotopic (exact) mass is 545 g/mol. The molecule has 1 aromatic carbocycles. The quantitative estimate of drug-likeness (QED) is 0.269. The number of nitrogens with one attached hydrogen (secondary N) is 2. The van der Waals surface area contributed by atoms with Gasteiger partial charge < -0.3 is 14.8 Å². The number of amides is 2. The van der Waals surface area contributed by atoms with Gasteiger partial charge in [0.05, 0.1) is 36.2 Å². The summed E-state index contributed by atoms with van der Waals surface area (Å²) in [5, 5.41) is 5.68. The molecule has 0 spiro atoms. The SMILES string of the molecule is CNC(=O)Nc1ncc(-c2cc(-c3cc(OCCC4CCCCC4)ccc3OC)nc(-c3cnccn3)n2)s1. The van der Waals surface area contributed by atoms with Crippen LogP contribution < -0.4 is 20.1 Å². The molecule has 0 radical (unpaired) electrons. The molecule has 39 heavy (non-hydrogen) atoms. The smallest absolute Gasteiger partial charge is 0.320 e. The van der Waals surface area contributed by atoms with Crippen molar-refractivity contribution in [2.75, 3.05) is 26.1 Å². The maximum Gasteiger partial charge on any atom is 0.320 e. The molecule has 10 nitrogen and oxygen atoms in total. The fourth-order valence-corrected chi connectivity index (χ4v) is 5.42. The summed E-state index contributed by atoms with van der Waals surface area (Å²) < 4.78 is 11.9. The maximum atomic E-state index is 11.8.